The van der Waals surface area contributed by atoms with Gasteiger partial charge in [0.25, 0.3) is 5.91 Å². The van der Waals surface area contributed by atoms with E-state index in [-0.39, 0.29) is 31.5 Å². The van der Waals surface area contributed by atoms with Crippen molar-refractivity contribution in [3.8, 4) is 11.5 Å². The maximum atomic E-state index is 13.1. The second kappa shape index (κ2) is 12.9. The summed E-state index contributed by atoms with van der Waals surface area (Å²) in [5.41, 5.74) is 4.41. The summed E-state index contributed by atoms with van der Waals surface area (Å²) in [5.74, 6) is 6.64. The average molecular weight is 535 g/mol. The normalized spacial score (nSPS) is 18.8. The summed E-state index contributed by atoms with van der Waals surface area (Å²) in [5, 5.41) is 9.19. The number of fused-ring (bicyclic) bond motifs is 1. The molecule has 0 bridgehead atoms. The van der Waals surface area contributed by atoms with Crippen LogP contribution in [0.1, 0.15) is 12.5 Å². The highest BCUT2D eigenvalue weighted by Crippen LogP contribution is 2.40. The van der Waals surface area contributed by atoms with E-state index in [2.05, 4.69) is 27.8 Å². The number of nitrogens with zero attached hydrogens (tertiary/aromatic N) is 2. The fraction of sp³-hybridized carbons (Fsp3) is 0.391. The quantitative estimate of drug-likeness (QED) is 0.0597. The zero-order valence-corrected chi connectivity index (χ0v) is 21.6. The summed E-state index contributed by atoms with van der Waals surface area (Å²) in [6, 6.07) is 4.50. The average Bonchev–Trinajstić information content (AvgIpc) is 2.90. The van der Waals surface area contributed by atoms with Crippen molar-refractivity contribution in [1.29, 1.82) is 0 Å². The number of hydrogen-bond acceptors (Lipinski definition) is 11. The summed E-state index contributed by atoms with van der Waals surface area (Å²) in [7, 11) is 3.18. The van der Waals surface area contributed by atoms with Crippen LogP contribution in [-0.2, 0) is 25.6 Å². The second-order valence-electron chi connectivity index (χ2n) is 7.76. The van der Waals surface area contributed by atoms with Gasteiger partial charge in [-0.1, -0.05) is 12.7 Å². The minimum atomic E-state index is -0.802. The van der Waals surface area contributed by atoms with Crippen molar-refractivity contribution in [1.82, 2.24) is 21.0 Å². The molecule has 1 fully saturated rings. The number of hydrazone groups is 1. The van der Waals surface area contributed by atoms with Crippen molar-refractivity contribution < 1.29 is 33.4 Å². The van der Waals surface area contributed by atoms with Crippen molar-refractivity contribution in [3.63, 3.8) is 0 Å². The van der Waals surface area contributed by atoms with Gasteiger partial charge in [-0.25, -0.2) is 4.79 Å². The Labute approximate surface area is 218 Å². The van der Waals surface area contributed by atoms with Crippen molar-refractivity contribution >= 4 is 35.6 Å². The molecule has 0 aromatic heterocycles. The number of carbonyl (C=O) groups excluding carboxylic acids is 3. The van der Waals surface area contributed by atoms with Gasteiger partial charge in [-0.15, -0.1) is 11.8 Å². The largest absolute Gasteiger partial charge is 0.497 e. The third-order valence-corrected chi connectivity index (χ3v) is 6.73. The van der Waals surface area contributed by atoms with Gasteiger partial charge < -0.3 is 35.5 Å². The van der Waals surface area contributed by atoms with E-state index in [4.69, 9.17) is 24.9 Å². The van der Waals surface area contributed by atoms with Crippen LogP contribution in [0.25, 0.3) is 0 Å². The highest BCUT2D eigenvalue weighted by Gasteiger charge is 2.54. The summed E-state index contributed by atoms with van der Waals surface area (Å²) in [4.78, 5) is 43.6. The number of β-lactam (4-membered cyclic amide) rings is 1. The molecule has 1 aromatic rings. The van der Waals surface area contributed by atoms with E-state index in [9.17, 15) is 14.4 Å². The van der Waals surface area contributed by atoms with Crippen LogP contribution in [0.2, 0.25) is 0 Å². The number of methoxy groups -OCH3 is 1. The number of ether oxygens (including phenoxy) is 3. The van der Waals surface area contributed by atoms with Crippen LogP contribution in [0.5, 0.6) is 11.5 Å². The Morgan fingerprint density at radius 2 is 2.14 bits per heavy atom. The number of rotatable bonds is 11. The fourth-order valence-corrected chi connectivity index (χ4v) is 5.02. The highest BCUT2D eigenvalue weighted by molar-refractivity contribution is 8.00. The predicted molar refractivity (Wildman–Crippen MR) is 136 cm³/mol. The summed E-state index contributed by atoms with van der Waals surface area (Å²) in [6.07, 6.45) is 0.703. The van der Waals surface area contributed by atoms with Gasteiger partial charge >= 0.3 is 12.1 Å². The van der Waals surface area contributed by atoms with Crippen LogP contribution in [-0.4, -0.2) is 73.2 Å². The first-order chi connectivity index (χ1) is 17.8. The van der Waals surface area contributed by atoms with Gasteiger partial charge in [0, 0.05) is 43.5 Å². The molecule has 0 aliphatic carbocycles. The fourth-order valence-electron chi connectivity index (χ4n) is 3.70. The molecule has 2 aliphatic heterocycles. The topological polar surface area (TPSA) is 166 Å². The molecule has 1 saturated heterocycles. The maximum Gasteiger partial charge on any atom is 0.408 e. The lowest BCUT2D eigenvalue weighted by molar-refractivity contribution is -0.142. The van der Waals surface area contributed by atoms with Crippen molar-refractivity contribution in [2.45, 2.75) is 24.9 Å². The van der Waals surface area contributed by atoms with Gasteiger partial charge in [-0.2, -0.15) is 10.6 Å². The smallest absolute Gasteiger partial charge is 0.408 e. The number of nitrogens with one attached hydrogen (secondary N) is 3. The minimum Gasteiger partial charge on any atom is -0.497 e. The van der Waals surface area contributed by atoms with Crippen LogP contribution in [0.3, 0.4) is 0 Å². The minimum absolute atomic E-state index is 0.0183. The molecule has 3 rings (SSSR count). The Bertz CT molecular complexity index is 1110. The number of nitrogens with two attached hydrogens (primary N) is 1. The third kappa shape index (κ3) is 6.46. The van der Waals surface area contributed by atoms with E-state index in [1.165, 1.54) is 29.7 Å². The molecule has 200 valence electrons. The molecule has 37 heavy (non-hydrogen) atoms. The molecular formula is C23H30N6O7S. The SMILES string of the molecule is C=CCOC(=O)N[C@@H]1C(=O)N2C(/C(=N/N)NCc3ccc(OC)cc3ONC)=C(COC(C)=O)CS[C@H]12. The Morgan fingerprint density at radius 3 is 2.78 bits per heavy atom. The molecule has 5 N–H and O–H groups in total. The predicted octanol–water partition coefficient (Wildman–Crippen LogP) is 0.583. The first-order valence-electron chi connectivity index (χ1n) is 11.2. The van der Waals surface area contributed by atoms with Gasteiger partial charge in [0.15, 0.2) is 11.6 Å². The van der Waals surface area contributed by atoms with E-state index in [1.807, 2.05) is 6.07 Å². The molecule has 0 radical (unpaired) electrons. The van der Waals surface area contributed by atoms with E-state index < -0.39 is 23.5 Å². The molecule has 0 unspecified atom stereocenters. The van der Waals surface area contributed by atoms with Crippen LogP contribution >= 0.6 is 11.8 Å². The number of amides is 2. The number of carbonyl (C=O) groups is 3. The number of benzene rings is 1. The van der Waals surface area contributed by atoms with E-state index in [0.29, 0.717) is 28.5 Å². The van der Waals surface area contributed by atoms with Crippen LogP contribution < -0.4 is 31.5 Å². The molecule has 13 nitrogen and oxygen atoms in total. The Hall–Kier alpha value is -3.91. The number of amidine groups is 1. The van der Waals surface area contributed by atoms with Crippen LogP contribution in [0, 0.1) is 0 Å². The van der Waals surface area contributed by atoms with Crippen molar-refractivity contribution in [2.75, 3.05) is 33.1 Å². The van der Waals surface area contributed by atoms with Gasteiger partial charge in [-0.3, -0.25) is 14.5 Å². The van der Waals surface area contributed by atoms with Gasteiger partial charge in [0.05, 0.1) is 12.8 Å². The Morgan fingerprint density at radius 1 is 1.35 bits per heavy atom. The lowest BCUT2D eigenvalue weighted by atomic mass is 10.0. The number of thioether (sulfide) groups is 1. The number of hydroxylamine groups is 1. The molecule has 2 atom stereocenters. The molecular weight excluding hydrogens is 504 g/mol. The number of alkyl carbamates (subject to hydrolysis) is 1. The third-order valence-electron chi connectivity index (χ3n) is 5.39. The second-order valence-corrected chi connectivity index (χ2v) is 8.87. The van der Waals surface area contributed by atoms with Crippen LogP contribution in [0.4, 0.5) is 4.79 Å². The van der Waals surface area contributed by atoms with E-state index in [1.54, 1.807) is 26.3 Å². The highest BCUT2D eigenvalue weighted by atomic mass is 32.2. The van der Waals surface area contributed by atoms with Crippen LogP contribution in [0.15, 0.2) is 47.2 Å². The van der Waals surface area contributed by atoms with Gasteiger partial charge in [0.1, 0.15) is 30.4 Å². The molecule has 14 heteroatoms. The van der Waals surface area contributed by atoms with E-state index >= 15 is 0 Å². The molecule has 1 aromatic carbocycles. The first-order valence-corrected chi connectivity index (χ1v) is 12.3. The number of hydrogen-bond donors (Lipinski definition) is 4. The maximum absolute atomic E-state index is 13.1. The summed E-state index contributed by atoms with van der Waals surface area (Å²) in [6.45, 7) is 4.99. The van der Waals surface area contributed by atoms with Gasteiger partial charge in [-0.05, 0) is 12.1 Å². The first kappa shape index (κ1) is 27.7. The standard InChI is InChI=1S/C23H30N6O7S/c1-5-8-34-23(32)27-18-21(31)29-19(15(11-35-13(2)30)12-37-22(18)29)20(28-24)26-10-14-6-7-16(33-4)9-17(14)36-25-3/h5-7,9,18,22,25H,1,8,10-12,24H2,2-4H3,(H,26,28)(H,27,32)/t18-,22-/m1/s1. The molecule has 2 amide bonds. The zero-order valence-electron chi connectivity index (χ0n) is 20.7. The lowest BCUT2D eigenvalue weighted by Gasteiger charge is -2.50. The van der Waals surface area contributed by atoms with E-state index in [0.717, 1.165) is 5.56 Å². The van der Waals surface area contributed by atoms with Crippen molar-refractivity contribution in [3.05, 3.63) is 47.7 Å². The Balaban J connectivity index is 1.84. The molecule has 2 aliphatic rings. The summed E-state index contributed by atoms with van der Waals surface area (Å²) < 4.78 is 15.4. The molecule has 0 saturated carbocycles. The monoisotopic (exact) mass is 534 g/mol. The van der Waals surface area contributed by atoms with Gasteiger partial charge in [0.2, 0.25) is 0 Å². The molecule has 2 heterocycles. The lowest BCUT2D eigenvalue weighted by Crippen LogP contribution is -2.71. The Kier molecular flexibility index (Phi) is 9.63. The van der Waals surface area contributed by atoms with Crippen molar-refractivity contribution in [2.24, 2.45) is 10.9 Å². The zero-order chi connectivity index (χ0) is 26.9. The molecule has 0 spiro atoms. The number of esters is 1. The summed E-state index contributed by atoms with van der Waals surface area (Å²) >= 11 is 1.41.